The van der Waals surface area contributed by atoms with E-state index in [0.29, 0.717) is 5.56 Å². The summed E-state index contributed by atoms with van der Waals surface area (Å²) in [6.45, 7) is 3.30. The summed E-state index contributed by atoms with van der Waals surface area (Å²) in [6, 6.07) is 14.4. The Labute approximate surface area is 149 Å². The lowest BCUT2D eigenvalue weighted by Crippen LogP contribution is -2.31. The number of carbonyl (C=O) groups is 1. The molecule has 1 aliphatic rings. The number of aryl methyl sites for hydroxylation is 1. The molecule has 0 saturated carbocycles. The Bertz CT molecular complexity index is 870. The minimum atomic E-state index is -3.32. The second kappa shape index (κ2) is 7.00. The van der Waals surface area contributed by atoms with E-state index in [0.717, 1.165) is 19.3 Å². The van der Waals surface area contributed by atoms with Crippen molar-refractivity contribution in [1.82, 2.24) is 5.32 Å². The van der Waals surface area contributed by atoms with Gasteiger partial charge in [-0.3, -0.25) is 4.79 Å². The van der Waals surface area contributed by atoms with E-state index in [9.17, 15) is 13.2 Å². The van der Waals surface area contributed by atoms with Gasteiger partial charge in [-0.2, -0.15) is 0 Å². The van der Waals surface area contributed by atoms with Crippen molar-refractivity contribution < 1.29 is 13.2 Å². The predicted molar refractivity (Wildman–Crippen MR) is 98.4 cm³/mol. The molecule has 0 saturated heterocycles. The van der Waals surface area contributed by atoms with Crippen LogP contribution in [0.2, 0.25) is 0 Å². The molecule has 0 aromatic heterocycles. The highest BCUT2D eigenvalue weighted by Crippen LogP contribution is 2.29. The van der Waals surface area contributed by atoms with E-state index < -0.39 is 15.1 Å². The maximum absolute atomic E-state index is 12.6. The lowest BCUT2D eigenvalue weighted by atomic mass is 9.87. The molecule has 132 valence electrons. The van der Waals surface area contributed by atoms with Gasteiger partial charge in [0.05, 0.1) is 16.2 Å². The fourth-order valence-corrected chi connectivity index (χ4v) is 4.27. The smallest absolute Gasteiger partial charge is 0.251 e. The summed E-state index contributed by atoms with van der Waals surface area (Å²) in [7, 11) is -3.32. The third-order valence-corrected chi connectivity index (χ3v) is 6.91. The third-order valence-electron chi connectivity index (χ3n) is 4.74. The van der Waals surface area contributed by atoms with Crippen molar-refractivity contribution in [3.8, 4) is 0 Å². The van der Waals surface area contributed by atoms with E-state index in [1.54, 1.807) is 26.0 Å². The Kier molecular flexibility index (Phi) is 4.95. The van der Waals surface area contributed by atoms with Gasteiger partial charge < -0.3 is 5.32 Å². The third kappa shape index (κ3) is 3.61. The molecule has 3 rings (SSSR count). The first-order chi connectivity index (χ1) is 11.9. The molecule has 0 spiro atoms. The molecule has 1 atom stereocenters. The predicted octanol–water partition coefficient (Wildman–Crippen LogP) is 3.68. The van der Waals surface area contributed by atoms with Crippen LogP contribution in [0.4, 0.5) is 0 Å². The fourth-order valence-electron chi connectivity index (χ4n) is 3.21. The van der Waals surface area contributed by atoms with Gasteiger partial charge in [0.15, 0.2) is 9.84 Å². The maximum atomic E-state index is 12.6. The summed E-state index contributed by atoms with van der Waals surface area (Å²) in [5.41, 5.74) is 2.95. The van der Waals surface area contributed by atoms with Crippen molar-refractivity contribution in [2.24, 2.45) is 0 Å². The number of hydrogen-bond acceptors (Lipinski definition) is 3. The highest BCUT2D eigenvalue weighted by atomic mass is 32.2. The first kappa shape index (κ1) is 17.7. The van der Waals surface area contributed by atoms with Crippen LogP contribution in [0.15, 0.2) is 53.4 Å². The summed E-state index contributed by atoms with van der Waals surface area (Å²) in [5.74, 6) is -0.171. The number of benzene rings is 2. The first-order valence-electron chi connectivity index (χ1n) is 8.62. The van der Waals surface area contributed by atoms with Crippen molar-refractivity contribution in [3.63, 3.8) is 0 Å². The second-order valence-corrected chi connectivity index (χ2v) is 9.24. The van der Waals surface area contributed by atoms with Crippen LogP contribution in [0.1, 0.15) is 54.2 Å². The highest BCUT2D eigenvalue weighted by Gasteiger charge is 2.23. The van der Waals surface area contributed by atoms with Gasteiger partial charge in [0.2, 0.25) is 0 Å². The summed E-state index contributed by atoms with van der Waals surface area (Å²) in [5, 5.41) is 2.60. The first-order valence-corrected chi connectivity index (χ1v) is 10.2. The second-order valence-electron chi connectivity index (χ2n) is 6.74. The SMILES string of the molecule is CC(C)S(=O)(=O)c1ccc(C(=O)NC2CCCc3ccccc32)cc1. The molecular weight excluding hydrogens is 334 g/mol. The van der Waals surface area contributed by atoms with Crippen LogP contribution in [0.3, 0.4) is 0 Å². The van der Waals surface area contributed by atoms with E-state index in [-0.39, 0.29) is 16.8 Å². The average molecular weight is 357 g/mol. The van der Waals surface area contributed by atoms with E-state index in [1.165, 1.54) is 23.3 Å². The van der Waals surface area contributed by atoms with Crippen LogP contribution in [0, 0.1) is 0 Å². The van der Waals surface area contributed by atoms with E-state index in [4.69, 9.17) is 0 Å². The lowest BCUT2D eigenvalue weighted by molar-refractivity contribution is 0.0932. The quantitative estimate of drug-likeness (QED) is 0.908. The molecule has 0 heterocycles. The van der Waals surface area contributed by atoms with Gasteiger partial charge in [0.1, 0.15) is 0 Å². The monoisotopic (exact) mass is 357 g/mol. The van der Waals surface area contributed by atoms with E-state index >= 15 is 0 Å². The van der Waals surface area contributed by atoms with Crippen molar-refractivity contribution in [1.29, 1.82) is 0 Å². The molecule has 4 nitrogen and oxygen atoms in total. The van der Waals surface area contributed by atoms with Crippen LogP contribution in [0.5, 0.6) is 0 Å². The zero-order valence-corrected chi connectivity index (χ0v) is 15.3. The standard InChI is InChI=1S/C20H23NO3S/c1-14(2)25(23,24)17-12-10-16(11-13-17)20(22)21-19-9-5-7-15-6-3-4-8-18(15)19/h3-4,6,8,10-14,19H,5,7,9H2,1-2H3,(H,21,22). The molecule has 2 aromatic rings. The van der Waals surface area contributed by atoms with Crippen molar-refractivity contribution in [3.05, 3.63) is 65.2 Å². The van der Waals surface area contributed by atoms with Gasteiger partial charge in [0, 0.05) is 5.56 Å². The lowest BCUT2D eigenvalue weighted by Gasteiger charge is -2.26. The molecular formula is C20H23NO3S. The topological polar surface area (TPSA) is 63.2 Å². The number of sulfone groups is 1. The van der Waals surface area contributed by atoms with Gasteiger partial charge in [0.25, 0.3) is 5.91 Å². The zero-order valence-electron chi connectivity index (χ0n) is 14.5. The normalized spacial score (nSPS) is 17.2. The van der Waals surface area contributed by atoms with Crippen molar-refractivity contribution in [2.75, 3.05) is 0 Å². The van der Waals surface area contributed by atoms with E-state index in [1.807, 2.05) is 12.1 Å². The number of hydrogen-bond donors (Lipinski definition) is 1. The molecule has 1 amide bonds. The molecule has 1 N–H and O–H groups in total. The summed E-state index contributed by atoms with van der Waals surface area (Å²) < 4.78 is 24.3. The van der Waals surface area contributed by atoms with Gasteiger partial charge in [-0.25, -0.2) is 8.42 Å². The summed E-state index contributed by atoms with van der Waals surface area (Å²) >= 11 is 0. The van der Waals surface area contributed by atoms with Crippen LogP contribution < -0.4 is 5.32 Å². The van der Waals surface area contributed by atoms with Crippen molar-refractivity contribution >= 4 is 15.7 Å². The zero-order chi connectivity index (χ0) is 18.0. The number of amides is 1. The Hall–Kier alpha value is -2.14. The van der Waals surface area contributed by atoms with Crippen LogP contribution >= 0.6 is 0 Å². The average Bonchev–Trinajstić information content (AvgIpc) is 2.62. The largest absolute Gasteiger partial charge is 0.345 e. The molecule has 5 heteroatoms. The van der Waals surface area contributed by atoms with Gasteiger partial charge in [-0.05, 0) is 68.5 Å². The molecule has 0 aliphatic heterocycles. The number of carbonyl (C=O) groups excluding carboxylic acids is 1. The maximum Gasteiger partial charge on any atom is 0.251 e. The van der Waals surface area contributed by atoms with Crippen LogP contribution in [-0.2, 0) is 16.3 Å². The Morgan fingerprint density at radius 2 is 1.76 bits per heavy atom. The molecule has 25 heavy (non-hydrogen) atoms. The number of rotatable bonds is 4. The highest BCUT2D eigenvalue weighted by molar-refractivity contribution is 7.92. The van der Waals surface area contributed by atoms with Gasteiger partial charge in [-0.1, -0.05) is 24.3 Å². The summed E-state index contributed by atoms with van der Waals surface area (Å²) in [6.07, 6.45) is 3.01. The summed E-state index contributed by atoms with van der Waals surface area (Å²) in [4.78, 5) is 12.8. The number of fused-ring (bicyclic) bond motifs is 1. The Balaban J connectivity index is 1.77. The minimum Gasteiger partial charge on any atom is -0.345 e. The molecule has 0 fully saturated rings. The van der Waals surface area contributed by atoms with Crippen molar-refractivity contribution in [2.45, 2.75) is 49.3 Å². The molecule has 0 bridgehead atoms. The molecule has 1 unspecified atom stereocenters. The minimum absolute atomic E-state index is 0.0107. The molecule has 1 aliphatic carbocycles. The Morgan fingerprint density at radius 1 is 1.08 bits per heavy atom. The number of nitrogens with one attached hydrogen (secondary N) is 1. The molecule has 0 radical (unpaired) electrons. The Morgan fingerprint density at radius 3 is 2.44 bits per heavy atom. The molecule has 2 aromatic carbocycles. The van der Waals surface area contributed by atoms with E-state index in [2.05, 4.69) is 17.4 Å². The van der Waals surface area contributed by atoms with Gasteiger partial charge in [-0.15, -0.1) is 0 Å². The van der Waals surface area contributed by atoms with Crippen LogP contribution in [-0.4, -0.2) is 19.6 Å². The van der Waals surface area contributed by atoms with Gasteiger partial charge >= 0.3 is 0 Å². The van der Waals surface area contributed by atoms with Crippen LogP contribution in [0.25, 0.3) is 0 Å². The fraction of sp³-hybridized carbons (Fsp3) is 0.350.